The summed E-state index contributed by atoms with van der Waals surface area (Å²) in [4.78, 5) is 15.4. The molecular formula is C12H16N6O. The molecule has 3 rings (SSSR count). The number of hydrogen-bond donors (Lipinski definition) is 0. The molecule has 0 aliphatic carbocycles. The first-order valence-corrected chi connectivity index (χ1v) is 6.20. The smallest absolute Gasteiger partial charge is 0.229 e. The van der Waals surface area contributed by atoms with Crippen molar-refractivity contribution in [1.82, 2.24) is 24.7 Å². The third kappa shape index (κ3) is 2.23. The molecule has 0 N–H and O–H groups in total. The van der Waals surface area contributed by atoms with Crippen LogP contribution in [0.5, 0.6) is 5.88 Å². The second-order valence-corrected chi connectivity index (χ2v) is 4.57. The summed E-state index contributed by atoms with van der Waals surface area (Å²) in [6, 6.07) is 1.82. The van der Waals surface area contributed by atoms with Gasteiger partial charge in [0.2, 0.25) is 11.8 Å². The lowest BCUT2D eigenvalue weighted by atomic mass is 10.3. The average Bonchev–Trinajstić information content (AvgIpc) is 2.76. The van der Waals surface area contributed by atoms with E-state index in [9.17, 15) is 0 Å². The Morgan fingerprint density at radius 1 is 1.16 bits per heavy atom. The summed E-state index contributed by atoms with van der Waals surface area (Å²) < 4.78 is 7.13. The third-order valence-corrected chi connectivity index (χ3v) is 3.08. The first-order valence-electron chi connectivity index (χ1n) is 6.20. The lowest BCUT2D eigenvalue weighted by Crippen LogP contribution is -2.35. The van der Waals surface area contributed by atoms with Crippen molar-refractivity contribution in [2.24, 2.45) is 0 Å². The highest BCUT2D eigenvalue weighted by molar-refractivity contribution is 5.35. The highest BCUT2D eigenvalue weighted by Gasteiger charge is 2.21. The summed E-state index contributed by atoms with van der Waals surface area (Å²) in [6.45, 7) is 6.14. The fourth-order valence-corrected chi connectivity index (χ4v) is 2.20. The van der Waals surface area contributed by atoms with Gasteiger partial charge in [-0.05, 0) is 13.8 Å². The number of anilines is 1. The number of aromatic nitrogens is 5. The topological polar surface area (TPSA) is 69.0 Å². The van der Waals surface area contributed by atoms with Crippen LogP contribution in [0.2, 0.25) is 0 Å². The van der Waals surface area contributed by atoms with E-state index >= 15 is 0 Å². The molecule has 0 fully saturated rings. The monoisotopic (exact) mass is 260 g/mol. The molecule has 100 valence electrons. The van der Waals surface area contributed by atoms with Crippen LogP contribution in [-0.2, 0) is 13.1 Å². The van der Waals surface area contributed by atoms with E-state index in [0.717, 1.165) is 30.4 Å². The van der Waals surface area contributed by atoms with Crippen molar-refractivity contribution in [3.8, 4) is 5.88 Å². The Balaban J connectivity index is 1.90. The van der Waals surface area contributed by atoms with Crippen molar-refractivity contribution in [3.63, 3.8) is 0 Å². The van der Waals surface area contributed by atoms with E-state index in [4.69, 9.17) is 4.74 Å². The van der Waals surface area contributed by atoms with Gasteiger partial charge < -0.3 is 9.64 Å². The standard InChI is InChI=1S/C12H16N6O/c1-8-6-11(19-3)15-12(13-8)17-4-5-18-10(7-17)14-9(2)16-18/h6H,4-5,7H2,1-3H3. The molecule has 3 heterocycles. The molecule has 0 unspecified atom stereocenters. The molecule has 1 aliphatic heterocycles. The Kier molecular flexibility index (Phi) is 2.81. The zero-order valence-electron chi connectivity index (χ0n) is 11.3. The van der Waals surface area contributed by atoms with Crippen molar-refractivity contribution in [2.45, 2.75) is 26.9 Å². The van der Waals surface area contributed by atoms with Gasteiger partial charge in [0.1, 0.15) is 11.6 Å². The van der Waals surface area contributed by atoms with Gasteiger partial charge in [0, 0.05) is 18.3 Å². The Bertz CT molecular complexity index is 608. The zero-order valence-corrected chi connectivity index (χ0v) is 11.3. The minimum atomic E-state index is 0.589. The SMILES string of the molecule is COc1cc(C)nc(N2CCn3nc(C)nc3C2)n1. The zero-order chi connectivity index (χ0) is 13.4. The van der Waals surface area contributed by atoms with Crippen molar-refractivity contribution < 1.29 is 4.74 Å². The molecule has 2 aromatic rings. The predicted molar refractivity (Wildman–Crippen MR) is 69.1 cm³/mol. The number of methoxy groups -OCH3 is 1. The van der Waals surface area contributed by atoms with Gasteiger partial charge in [-0.1, -0.05) is 0 Å². The molecule has 0 spiro atoms. The van der Waals surface area contributed by atoms with Gasteiger partial charge in [-0.2, -0.15) is 10.1 Å². The Labute approximate surface area is 111 Å². The van der Waals surface area contributed by atoms with Crippen molar-refractivity contribution in [3.05, 3.63) is 23.4 Å². The molecule has 0 atom stereocenters. The summed E-state index contributed by atoms with van der Waals surface area (Å²) >= 11 is 0. The molecular weight excluding hydrogens is 244 g/mol. The van der Waals surface area contributed by atoms with Crippen molar-refractivity contribution >= 4 is 5.95 Å². The minimum absolute atomic E-state index is 0.589. The first kappa shape index (κ1) is 11.9. The Morgan fingerprint density at radius 2 is 2.00 bits per heavy atom. The number of nitrogens with zero attached hydrogens (tertiary/aromatic N) is 6. The molecule has 0 saturated heterocycles. The van der Waals surface area contributed by atoms with Gasteiger partial charge in [-0.25, -0.2) is 14.6 Å². The highest BCUT2D eigenvalue weighted by Crippen LogP contribution is 2.19. The molecule has 0 radical (unpaired) electrons. The number of ether oxygens (including phenoxy) is 1. The van der Waals surface area contributed by atoms with Crippen LogP contribution in [0.1, 0.15) is 17.3 Å². The average molecular weight is 260 g/mol. The fourth-order valence-electron chi connectivity index (χ4n) is 2.20. The van der Waals surface area contributed by atoms with E-state index in [-0.39, 0.29) is 0 Å². The number of hydrogen-bond acceptors (Lipinski definition) is 6. The first-order chi connectivity index (χ1) is 9.15. The molecule has 7 nitrogen and oxygen atoms in total. The number of fused-ring (bicyclic) bond motifs is 1. The molecule has 19 heavy (non-hydrogen) atoms. The second-order valence-electron chi connectivity index (χ2n) is 4.57. The highest BCUT2D eigenvalue weighted by atomic mass is 16.5. The van der Waals surface area contributed by atoms with Gasteiger partial charge in [0.05, 0.1) is 20.2 Å². The van der Waals surface area contributed by atoms with Gasteiger partial charge >= 0.3 is 0 Å². The van der Waals surface area contributed by atoms with Crippen molar-refractivity contribution in [2.75, 3.05) is 18.6 Å². The summed E-state index contributed by atoms with van der Waals surface area (Å²) in [5.74, 6) is 3.03. The lowest BCUT2D eigenvalue weighted by Gasteiger charge is -2.26. The largest absolute Gasteiger partial charge is 0.481 e. The van der Waals surface area contributed by atoms with Gasteiger partial charge in [0.15, 0.2) is 0 Å². The molecule has 0 bridgehead atoms. The molecule has 0 aromatic carbocycles. The van der Waals surface area contributed by atoms with E-state index in [0.29, 0.717) is 18.4 Å². The van der Waals surface area contributed by atoms with E-state index in [1.165, 1.54) is 0 Å². The maximum absolute atomic E-state index is 5.19. The van der Waals surface area contributed by atoms with Gasteiger partial charge in [-0.3, -0.25) is 0 Å². The molecule has 2 aromatic heterocycles. The van der Waals surface area contributed by atoms with E-state index in [1.54, 1.807) is 7.11 Å². The third-order valence-electron chi connectivity index (χ3n) is 3.08. The Hall–Kier alpha value is -2.18. The summed E-state index contributed by atoms with van der Waals surface area (Å²) in [5.41, 5.74) is 0.894. The molecule has 7 heteroatoms. The van der Waals surface area contributed by atoms with Crippen LogP contribution in [0, 0.1) is 13.8 Å². The maximum atomic E-state index is 5.19. The van der Waals surface area contributed by atoms with Crippen LogP contribution in [0.4, 0.5) is 5.95 Å². The predicted octanol–water partition coefficient (Wildman–Crippen LogP) is 0.714. The van der Waals surface area contributed by atoms with Crippen LogP contribution in [0.15, 0.2) is 6.07 Å². The van der Waals surface area contributed by atoms with Crippen molar-refractivity contribution in [1.29, 1.82) is 0 Å². The minimum Gasteiger partial charge on any atom is -0.481 e. The fraction of sp³-hybridized carbons (Fsp3) is 0.500. The summed E-state index contributed by atoms with van der Waals surface area (Å²) in [5, 5.41) is 4.34. The molecule has 0 amide bonds. The van der Waals surface area contributed by atoms with Crippen LogP contribution in [-0.4, -0.2) is 38.4 Å². The van der Waals surface area contributed by atoms with Gasteiger partial charge in [-0.15, -0.1) is 0 Å². The van der Waals surface area contributed by atoms with Crippen LogP contribution in [0.3, 0.4) is 0 Å². The Morgan fingerprint density at radius 3 is 2.79 bits per heavy atom. The van der Waals surface area contributed by atoms with Crippen LogP contribution < -0.4 is 9.64 Å². The van der Waals surface area contributed by atoms with Gasteiger partial charge in [0.25, 0.3) is 0 Å². The molecule has 0 saturated carbocycles. The van der Waals surface area contributed by atoms with E-state index < -0.39 is 0 Å². The molecule has 1 aliphatic rings. The van der Waals surface area contributed by atoms with E-state index in [2.05, 4.69) is 25.0 Å². The van der Waals surface area contributed by atoms with Crippen LogP contribution >= 0.6 is 0 Å². The second kappa shape index (κ2) is 4.49. The van der Waals surface area contributed by atoms with E-state index in [1.807, 2.05) is 24.6 Å². The number of rotatable bonds is 2. The lowest BCUT2D eigenvalue weighted by molar-refractivity contribution is 0.395. The number of aryl methyl sites for hydroxylation is 2. The summed E-state index contributed by atoms with van der Waals surface area (Å²) in [6.07, 6.45) is 0. The summed E-state index contributed by atoms with van der Waals surface area (Å²) in [7, 11) is 1.61. The maximum Gasteiger partial charge on any atom is 0.229 e. The normalized spacial score (nSPS) is 14.4. The quantitative estimate of drug-likeness (QED) is 0.792. The van der Waals surface area contributed by atoms with Crippen LogP contribution in [0.25, 0.3) is 0 Å².